The van der Waals surface area contributed by atoms with E-state index in [0.717, 1.165) is 18.6 Å². The lowest BCUT2D eigenvalue weighted by atomic mass is 10.1. The van der Waals surface area contributed by atoms with E-state index in [2.05, 4.69) is 6.07 Å². The molecule has 2 rings (SSSR count). The molecule has 0 spiro atoms. The Hall–Kier alpha value is -1.49. The highest BCUT2D eigenvalue weighted by Crippen LogP contribution is 2.44. The Kier molecular flexibility index (Phi) is 1.94. The molecule has 2 nitrogen and oxygen atoms in total. The molecule has 1 aliphatic carbocycles. The molecule has 13 heavy (non-hydrogen) atoms. The fraction of sp³-hybridized carbons (Fsp3) is 0.364. The normalized spacial score (nSPS) is 17.5. The van der Waals surface area contributed by atoms with Crippen LogP contribution >= 0.6 is 0 Å². The number of benzene rings is 1. The van der Waals surface area contributed by atoms with Crippen molar-refractivity contribution in [2.75, 3.05) is 6.61 Å². The third-order valence-corrected chi connectivity index (χ3v) is 2.35. The molecule has 0 saturated heterocycles. The lowest BCUT2D eigenvalue weighted by molar-refractivity contribution is 0.269. The molecule has 0 heterocycles. The van der Waals surface area contributed by atoms with E-state index in [1.165, 1.54) is 0 Å². The highest BCUT2D eigenvalue weighted by molar-refractivity contribution is 5.22. The lowest BCUT2D eigenvalue weighted by Gasteiger charge is -2.08. The summed E-state index contributed by atoms with van der Waals surface area (Å²) in [4.78, 5) is 0. The van der Waals surface area contributed by atoms with Crippen LogP contribution in [0, 0.1) is 16.7 Å². The van der Waals surface area contributed by atoms with Crippen LogP contribution in [0.5, 0.6) is 5.75 Å². The molecule has 0 unspecified atom stereocenters. The average molecular weight is 173 g/mol. The Morgan fingerprint density at radius 2 is 2.00 bits per heavy atom. The van der Waals surface area contributed by atoms with E-state index >= 15 is 0 Å². The summed E-state index contributed by atoms with van der Waals surface area (Å²) in [5.41, 5.74) is -0.171. The number of hydrogen-bond donors (Lipinski definition) is 0. The molecule has 0 N–H and O–H groups in total. The number of ether oxygens (including phenoxy) is 1. The predicted octanol–water partition coefficient (Wildman–Crippen LogP) is 2.37. The highest BCUT2D eigenvalue weighted by atomic mass is 16.5. The van der Waals surface area contributed by atoms with Crippen molar-refractivity contribution in [3.63, 3.8) is 0 Å². The minimum absolute atomic E-state index is 0.171. The number of rotatable bonds is 3. The first-order valence-electron chi connectivity index (χ1n) is 4.44. The standard InChI is InChI=1S/C11H11NO/c12-8-11(6-7-11)9-13-10-4-2-1-3-5-10/h1-5H,6-7,9H2. The second kappa shape index (κ2) is 3.10. The highest BCUT2D eigenvalue weighted by Gasteiger charge is 2.44. The van der Waals surface area contributed by atoms with Crippen LogP contribution < -0.4 is 4.74 Å². The van der Waals surface area contributed by atoms with Gasteiger partial charge >= 0.3 is 0 Å². The maximum absolute atomic E-state index is 8.80. The summed E-state index contributed by atoms with van der Waals surface area (Å²) in [6, 6.07) is 11.9. The smallest absolute Gasteiger partial charge is 0.119 e. The van der Waals surface area contributed by atoms with Crippen molar-refractivity contribution in [2.45, 2.75) is 12.8 Å². The van der Waals surface area contributed by atoms with E-state index in [-0.39, 0.29) is 5.41 Å². The van der Waals surface area contributed by atoms with Crippen molar-refractivity contribution in [3.05, 3.63) is 30.3 Å². The predicted molar refractivity (Wildman–Crippen MR) is 49.2 cm³/mol. The van der Waals surface area contributed by atoms with Crippen molar-refractivity contribution in [2.24, 2.45) is 5.41 Å². The Morgan fingerprint density at radius 1 is 1.31 bits per heavy atom. The zero-order chi connectivity index (χ0) is 9.15. The van der Waals surface area contributed by atoms with Gasteiger partial charge in [-0.2, -0.15) is 5.26 Å². The number of nitrogens with zero attached hydrogens (tertiary/aromatic N) is 1. The molecule has 1 aliphatic rings. The second-order valence-electron chi connectivity index (χ2n) is 3.49. The van der Waals surface area contributed by atoms with Crippen molar-refractivity contribution in [1.82, 2.24) is 0 Å². The van der Waals surface area contributed by atoms with Crippen LogP contribution in [-0.4, -0.2) is 6.61 Å². The van der Waals surface area contributed by atoms with Gasteiger partial charge in [0.2, 0.25) is 0 Å². The van der Waals surface area contributed by atoms with Crippen molar-refractivity contribution in [1.29, 1.82) is 5.26 Å². The molecule has 1 saturated carbocycles. The Balaban J connectivity index is 1.91. The van der Waals surface area contributed by atoms with Gasteiger partial charge in [0.15, 0.2) is 0 Å². The van der Waals surface area contributed by atoms with Crippen LogP contribution in [0.2, 0.25) is 0 Å². The van der Waals surface area contributed by atoms with Crippen LogP contribution in [0.4, 0.5) is 0 Å². The van der Waals surface area contributed by atoms with E-state index in [4.69, 9.17) is 10.00 Å². The maximum atomic E-state index is 8.80. The molecule has 0 aromatic heterocycles. The van der Waals surface area contributed by atoms with Crippen LogP contribution in [0.25, 0.3) is 0 Å². The van der Waals surface area contributed by atoms with Gasteiger partial charge < -0.3 is 4.74 Å². The molecule has 0 amide bonds. The van der Waals surface area contributed by atoms with Gasteiger partial charge in [-0.05, 0) is 25.0 Å². The van der Waals surface area contributed by atoms with E-state index in [1.54, 1.807) is 0 Å². The molecule has 1 fully saturated rings. The first-order chi connectivity index (χ1) is 6.35. The summed E-state index contributed by atoms with van der Waals surface area (Å²) in [5, 5.41) is 8.80. The van der Waals surface area contributed by atoms with Crippen molar-refractivity contribution >= 4 is 0 Å². The summed E-state index contributed by atoms with van der Waals surface area (Å²) in [6.45, 7) is 0.535. The van der Waals surface area contributed by atoms with Crippen molar-refractivity contribution < 1.29 is 4.74 Å². The summed E-state index contributed by atoms with van der Waals surface area (Å²) >= 11 is 0. The molecule has 0 radical (unpaired) electrons. The Bertz CT molecular complexity index is 322. The number of para-hydroxylation sites is 1. The fourth-order valence-electron chi connectivity index (χ4n) is 1.18. The minimum Gasteiger partial charge on any atom is -0.492 e. The van der Waals surface area contributed by atoms with Gasteiger partial charge in [0.25, 0.3) is 0 Å². The second-order valence-corrected chi connectivity index (χ2v) is 3.49. The third kappa shape index (κ3) is 1.81. The molecular weight excluding hydrogens is 162 g/mol. The molecule has 0 aliphatic heterocycles. The zero-order valence-corrected chi connectivity index (χ0v) is 7.36. The SMILES string of the molecule is N#CC1(COc2ccccc2)CC1. The topological polar surface area (TPSA) is 33.0 Å². The van der Waals surface area contributed by atoms with Crippen LogP contribution in [0.3, 0.4) is 0 Å². The first kappa shape index (κ1) is 8.12. The van der Waals surface area contributed by atoms with Gasteiger partial charge in [-0.15, -0.1) is 0 Å². The van der Waals surface area contributed by atoms with Crippen LogP contribution in [0.15, 0.2) is 30.3 Å². The largest absolute Gasteiger partial charge is 0.492 e. The van der Waals surface area contributed by atoms with E-state index in [1.807, 2.05) is 30.3 Å². The summed E-state index contributed by atoms with van der Waals surface area (Å²) < 4.78 is 5.50. The molecule has 0 bridgehead atoms. The molecule has 2 heteroatoms. The van der Waals surface area contributed by atoms with Gasteiger partial charge in [0.1, 0.15) is 12.4 Å². The molecule has 0 atom stereocenters. The van der Waals surface area contributed by atoms with E-state index in [0.29, 0.717) is 6.61 Å². The van der Waals surface area contributed by atoms with Gasteiger partial charge in [-0.1, -0.05) is 18.2 Å². The summed E-state index contributed by atoms with van der Waals surface area (Å²) in [5.74, 6) is 0.851. The zero-order valence-electron chi connectivity index (χ0n) is 7.36. The quantitative estimate of drug-likeness (QED) is 0.703. The van der Waals surface area contributed by atoms with Gasteiger partial charge in [0.05, 0.1) is 11.5 Å². The third-order valence-electron chi connectivity index (χ3n) is 2.35. The number of hydrogen-bond acceptors (Lipinski definition) is 2. The monoisotopic (exact) mass is 173 g/mol. The van der Waals surface area contributed by atoms with Crippen LogP contribution in [-0.2, 0) is 0 Å². The first-order valence-corrected chi connectivity index (χ1v) is 4.44. The summed E-state index contributed by atoms with van der Waals surface area (Å²) in [7, 11) is 0. The molecule has 1 aromatic carbocycles. The lowest BCUT2D eigenvalue weighted by Crippen LogP contribution is -2.10. The van der Waals surface area contributed by atoms with Gasteiger partial charge in [0, 0.05) is 0 Å². The molecular formula is C11H11NO. The van der Waals surface area contributed by atoms with E-state index < -0.39 is 0 Å². The number of nitriles is 1. The summed E-state index contributed by atoms with van der Waals surface area (Å²) in [6.07, 6.45) is 1.96. The fourth-order valence-corrected chi connectivity index (χ4v) is 1.18. The van der Waals surface area contributed by atoms with Crippen LogP contribution in [0.1, 0.15) is 12.8 Å². The van der Waals surface area contributed by atoms with E-state index in [9.17, 15) is 0 Å². The maximum Gasteiger partial charge on any atom is 0.119 e. The van der Waals surface area contributed by atoms with Gasteiger partial charge in [-0.3, -0.25) is 0 Å². The average Bonchev–Trinajstić information content (AvgIpc) is 2.97. The Labute approximate surface area is 77.8 Å². The van der Waals surface area contributed by atoms with Gasteiger partial charge in [-0.25, -0.2) is 0 Å². The molecule has 66 valence electrons. The molecule has 1 aromatic rings. The van der Waals surface area contributed by atoms with Crippen molar-refractivity contribution in [3.8, 4) is 11.8 Å². The Morgan fingerprint density at radius 3 is 2.54 bits per heavy atom. The minimum atomic E-state index is -0.171.